The molecule has 34 heavy (non-hydrogen) atoms. The fourth-order valence-electron chi connectivity index (χ4n) is 5.80. The van der Waals surface area contributed by atoms with Crippen molar-refractivity contribution in [2.24, 2.45) is 0 Å². The largest absolute Gasteiger partial charge is 0.482 e. The predicted molar refractivity (Wildman–Crippen MR) is 149 cm³/mol. The lowest BCUT2D eigenvalue weighted by Gasteiger charge is -2.39. The first-order valence-electron chi connectivity index (χ1n) is 12.8. The van der Waals surface area contributed by atoms with Crippen LogP contribution in [0.1, 0.15) is 70.2 Å². The number of ether oxygens (including phenoxy) is 1. The van der Waals surface area contributed by atoms with E-state index in [1.54, 1.807) is 0 Å². The Kier molecular flexibility index (Phi) is 5.60. The normalized spacial score (nSPS) is 15.6. The van der Waals surface area contributed by atoms with Crippen LogP contribution in [0.3, 0.4) is 0 Å². The van der Waals surface area contributed by atoms with Crippen LogP contribution in [0.25, 0.3) is 44.3 Å². The van der Waals surface area contributed by atoms with E-state index in [9.17, 15) is 0 Å². The maximum absolute atomic E-state index is 6.84. The molecule has 4 aromatic carbocycles. The number of fused-ring (bicyclic) bond motifs is 7. The topological polar surface area (TPSA) is 9.23 Å². The highest BCUT2D eigenvalue weighted by Crippen LogP contribution is 2.56. The minimum Gasteiger partial charge on any atom is -0.482 e. The van der Waals surface area contributed by atoms with Gasteiger partial charge in [-0.2, -0.15) is 0 Å². The van der Waals surface area contributed by atoms with Crippen molar-refractivity contribution in [3.63, 3.8) is 0 Å². The average molecular weight is 447 g/mol. The molecule has 0 unspecified atom stereocenters. The second kappa shape index (κ2) is 8.47. The highest BCUT2D eigenvalue weighted by atomic mass is 16.5. The van der Waals surface area contributed by atoms with Gasteiger partial charge in [0.25, 0.3) is 0 Å². The molecule has 0 N–H and O–H groups in total. The zero-order chi connectivity index (χ0) is 24.0. The van der Waals surface area contributed by atoms with Gasteiger partial charge in [-0.25, -0.2) is 0 Å². The van der Waals surface area contributed by atoms with Gasteiger partial charge in [0, 0.05) is 22.3 Å². The van der Waals surface area contributed by atoms with Gasteiger partial charge in [-0.05, 0) is 64.9 Å². The van der Waals surface area contributed by atoms with Gasteiger partial charge in [-0.1, -0.05) is 101 Å². The maximum atomic E-state index is 6.84. The highest BCUT2D eigenvalue weighted by Gasteiger charge is 2.38. The monoisotopic (exact) mass is 446 g/mol. The summed E-state index contributed by atoms with van der Waals surface area (Å²) in [4.78, 5) is 0. The minimum absolute atomic E-state index is 0.384. The molecule has 2 aliphatic carbocycles. The summed E-state index contributed by atoms with van der Waals surface area (Å²) < 4.78 is 6.84. The van der Waals surface area contributed by atoms with E-state index in [1.807, 2.05) is 27.7 Å². The van der Waals surface area contributed by atoms with Gasteiger partial charge in [-0.3, -0.25) is 0 Å². The molecule has 1 heteroatoms. The van der Waals surface area contributed by atoms with Crippen molar-refractivity contribution < 1.29 is 4.74 Å². The van der Waals surface area contributed by atoms with E-state index in [-0.39, 0.29) is 5.60 Å². The number of hydrogen-bond donors (Lipinski definition) is 0. The molecule has 3 aliphatic rings. The van der Waals surface area contributed by atoms with E-state index in [2.05, 4.69) is 86.7 Å². The molecule has 0 fully saturated rings. The Morgan fingerprint density at radius 1 is 0.735 bits per heavy atom. The molecule has 0 amide bonds. The summed E-state index contributed by atoms with van der Waals surface area (Å²) in [6.45, 7) is 12.4. The molecule has 0 bridgehead atoms. The van der Waals surface area contributed by atoms with E-state index in [0.717, 1.165) is 18.6 Å². The third-order valence-corrected chi connectivity index (χ3v) is 7.11. The van der Waals surface area contributed by atoms with E-state index in [0.29, 0.717) is 0 Å². The van der Waals surface area contributed by atoms with Gasteiger partial charge in [0.05, 0.1) is 0 Å². The lowest BCUT2D eigenvalue weighted by atomic mass is 9.75. The third kappa shape index (κ3) is 3.06. The van der Waals surface area contributed by atoms with E-state index >= 15 is 0 Å². The first-order valence-corrected chi connectivity index (χ1v) is 12.8. The smallest absolute Gasteiger partial charge is 0.136 e. The molecular weight excluding hydrogens is 412 g/mol. The Hall–Kier alpha value is -3.32. The Balaban J connectivity index is 0.000000574. The summed E-state index contributed by atoms with van der Waals surface area (Å²) in [6, 6.07) is 20.1. The summed E-state index contributed by atoms with van der Waals surface area (Å²) in [5, 5.41) is 5.35. The van der Waals surface area contributed by atoms with Gasteiger partial charge >= 0.3 is 0 Å². The second-order valence-corrected chi connectivity index (χ2v) is 9.19. The van der Waals surface area contributed by atoms with Gasteiger partial charge in [-0.15, -0.1) is 0 Å². The second-order valence-electron chi connectivity index (χ2n) is 9.19. The van der Waals surface area contributed by atoms with Crippen molar-refractivity contribution in [1.29, 1.82) is 0 Å². The van der Waals surface area contributed by atoms with Crippen LogP contribution in [0.15, 0.2) is 66.7 Å². The van der Waals surface area contributed by atoms with Gasteiger partial charge < -0.3 is 4.74 Å². The summed E-state index contributed by atoms with van der Waals surface area (Å²) in [7, 11) is 0. The minimum atomic E-state index is -0.384. The number of benzene rings is 4. The van der Waals surface area contributed by atoms with Gasteiger partial charge in [0.15, 0.2) is 0 Å². The summed E-state index contributed by atoms with van der Waals surface area (Å²) in [5.74, 6) is 1.05. The van der Waals surface area contributed by atoms with E-state index in [4.69, 9.17) is 4.74 Å². The van der Waals surface area contributed by atoms with Crippen molar-refractivity contribution >= 4 is 33.2 Å². The van der Waals surface area contributed by atoms with Crippen LogP contribution in [0, 0.1) is 0 Å². The zero-order valence-corrected chi connectivity index (χ0v) is 21.3. The first-order chi connectivity index (χ1) is 16.6. The van der Waals surface area contributed by atoms with Crippen LogP contribution in [0.5, 0.6) is 5.75 Å². The first kappa shape index (κ1) is 22.5. The van der Waals surface area contributed by atoms with Gasteiger partial charge in [0.1, 0.15) is 11.4 Å². The molecule has 172 valence electrons. The molecule has 0 radical (unpaired) electrons. The molecule has 1 aliphatic heterocycles. The molecule has 7 rings (SSSR count). The summed E-state index contributed by atoms with van der Waals surface area (Å²) in [6.07, 6.45) is 9.02. The Labute approximate surface area is 203 Å². The van der Waals surface area contributed by atoms with Crippen LogP contribution in [0.2, 0.25) is 0 Å². The zero-order valence-electron chi connectivity index (χ0n) is 21.3. The summed E-state index contributed by atoms with van der Waals surface area (Å²) >= 11 is 0. The standard InChI is InChI=1S/C29H22O.2C2H6/c1-29(2)23-16-15-17-7-3-4-10-20(17)26(23)27-21-11-5-8-18-13-14-19-9-6-12-22(28(27)30-29)25(19)24(18)21;2*1-2/h3-8,10-12,14-16H,9,13H2,1-2H3;2*1-2H3. The van der Waals surface area contributed by atoms with Crippen molar-refractivity contribution in [3.05, 3.63) is 89.0 Å². The van der Waals surface area contributed by atoms with Crippen molar-refractivity contribution in [1.82, 2.24) is 0 Å². The van der Waals surface area contributed by atoms with Crippen molar-refractivity contribution in [2.75, 3.05) is 0 Å². The number of allylic oxidation sites excluding steroid dienone is 3. The molecule has 0 atom stereocenters. The van der Waals surface area contributed by atoms with Crippen LogP contribution in [0.4, 0.5) is 0 Å². The fourth-order valence-corrected chi connectivity index (χ4v) is 5.80. The Bertz CT molecular complexity index is 1480. The van der Waals surface area contributed by atoms with E-state index < -0.39 is 0 Å². The van der Waals surface area contributed by atoms with Crippen molar-refractivity contribution in [3.8, 4) is 16.9 Å². The highest BCUT2D eigenvalue weighted by molar-refractivity contribution is 6.16. The van der Waals surface area contributed by atoms with Crippen LogP contribution >= 0.6 is 0 Å². The van der Waals surface area contributed by atoms with Crippen LogP contribution in [-0.4, -0.2) is 0 Å². The molecule has 4 aromatic rings. The molecule has 0 spiro atoms. The maximum Gasteiger partial charge on any atom is 0.136 e. The molecule has 0 aromatic heterocycles. The van der Waals surface area contributed by atoms with Crippen LogP contribution in [-0.2, 0) is 12.0 Å². The predicted octanol–water partition coefficient (Wildman–Crippen LogP) is 9.70. The lowest BCUT2D eigenvalue weighted by Crippen LogP contribution is -2.30. The van der Waals surface area contributed by atoms with Crippen LogP contribution < -0.4 is 4.74 Å². The average Bonchev–Trinajstić information content (AvgIpc) is 2.89. The number of rotatable bonds is 0. The fraction of sp³-hybridized carbons (Fsp3) is 0.273. The SMILES string of the molecule is CC.CC.CC1(C)Oc2c3c4c5c(cccc5c2-c2c1ccc1ccccc21)CC=C4CC=C3. The quantitative estimate of drug-likeness (QED) is 0.261. The Morgan fingerprint density at radius 2 is 1.50 bits per heavy atom. The van der Waals surface area contributed by atoms with Crippen molar-refractivity contribution in [2.45, 2.75) is 60.0 Å². The third-order valence-electron chi connectivity index (χ3n) is 7.11. The lowest BCUT2D eigenvalue weighted by molar-refractivity contribution is 0.106. The van der Waals surface area contributed by atoms with E-state index in [1.165, 1.54) is 60.5 Å². The molecule has 1 nitrogen and oxygen atoms in total. The molecule has 0 saturated carbocycles. The molecule has 0 saturated heterocycles. The Morgan fingerprint density at radius 3 is 2.32 bits per heavy atom. The summed E-state index contributed by atoms with van der Waals surface area (Å²) in [5.41, 5.74) is 9.03. The van der Waals surface area contributed by atoms with Gasteiger partial charge in [0.2, 0.25) is 0 Å². The molecule has 1 heterocycles. The molecular formula is C33H34O. The number of hydrogen-bond acceptors (Lipinski definition) is 1.